The van der Waals surface area contributed by atoms with Crippen molar-refractivity contribution in [3.05, 3.63) is 47.9 Å². The Morgan fingerprint density at radius 2 is 1.95 bits per heavy atom. The van der Waals surface area contributed by atoms with Crippen molar-refractivity contribution in [3.63, 3.8) is 0 Å². The van der Waals surface area contributed by atoms with Crippen LogP contribution < -0.4 is 4.74 Å². The molecule has 1 N–H and O–H groups in total. The van der Waals surface area contributed by atoms with Crippen LogP contribution in [-0.2, 0) is 6.18 Å². The number of halogens is 3. The lowest BCUT2D eigenvalue weighted by Crippen LogP contribution is -2.06. The third kappa shape index (κ3) is 3.02. The van der Waals surface area contributed by atoms with Gasteiger partial charge in [0.05, 0.1) is 5.56 Å². The maximum Gasteiger partial charge on any atom is 0.417 e. The van der Waals surface area contributed by atoms with Crippen LogP contribution >= 0.6 is 0 Å². The number of carbonyl (C=O) groups is 1. The molecule has 0 radical (unpaired) electrons. The lowest BCUT2D eigenvalue weighted by Gasteiger charge is -2.08. The monoisotopic (exact) mass is 284 g/mol. The second kappa shape index (κ2) is 5.16. The van der Waals surface area contributed by atoms with E-state index in [0.717, 1.165) is 12.1 Å². The SMILES string of the molecule is O=C(O)c1ncccc1Oc1ccc(C(F)(F)F)cn1. The standard InChI is InChI=1S/C12H7F3N2O3/c13-12(14,15)7-3-4-9(17-6-7)20-8-2-1-5-16-10(8)11(18)19/h1-6H,(H,18,19). The highest BCUT2D eigenvalue weighted by Crippen LogP contribution is 2.30. The Hall–Kier alpha value is -2.64. The number of aromatic nitrogens is 2. The molecule has 5 nitrogen and oxygen atoms in total. The van der Waals surface area contributed by atoms with Gasteiger partial charge in [0.1, 0.15) is 0 Å². The highest BCUT2D eigenvalue weighted by atomic mass is 19.4. The molecule has 0 amide bonds. The average Bonchev–Trinajstić information content (AvgIpc) is 2.38. The first kappa shape index (κ1) is 13.8. The lowest BCUT2D eigenvalue weighted by atomic mass is 10.3. The van der Waals surface area contributed by atoms with Gasteiger partial charge < -0.3 is 9.84 Å². The van der Waals surface area contributed by atoms with Gasteiger partial charge in [0.15, 0.2) is 11.4 Å². The van der Waals surface area contributed by atoms with Crippen LogP contribution in [-0.4, -0.2) is 21.0 Å². The van der Waals surface area contributed by atoms with E-state index < -0.39 is 17.7 Å². The molecule has 104 valence electrons. The Kier molecular flexibility index (Phi) is 3.55. The van der Waals surface area contributed by atoms with Crippen LogP contribution in [0.1, 0.15) is 16.1 Å². The Balaban J connectivity index is 2.25. The van der Waals surface area contributed by atoms with Crippen LogP contribution in [0.25, 0.3) is 0 Å². The molecule has 0 aliphatic carbocycles. The molecule has 0 atom stereocenters. The number of aromatic carboxylic acids is 1. The van der Waals surface area contributed by atoms with Crippen molar-refractivity contribution in [2.75, 3.05) is 0 Å². The number of rotatable bonds is 3. The smallest absolute Gasteiger partial charge is 0.417 e. The van der Waals surface area contributed by atoms with Crippen molar-refractivity contribution in [2.45, 2.75) is 6.18 Å². The number of ether oxygens (including phenoxy) is 1. The van der Waals surface area contributed by atoms with E-state index in [0.29, 0.717) is 6.20 Å². The topological polar surface area (TPSA) is 72.3 Å². The molecule has 20 heavy (non-hydrogen) atoms. The molecule has 0 bridgehead atoms. The molecule has 0 aliphatic heterocycles. The number of nitrogens with zero attached hydrogens (tertiary/aromatic N) is 2. The molecule has 0 aliphatic rings. The molecule has 2 aromatic heterocycles. The van der Waals surface area contributed by atoms with Gasteiger partial charge in [-0.3, -0.25) is 0 Å². The summed E-state index contributed by atoms with van der Waals surface area (Å²) in [4.78, 5) is 18.0. The summed E-state index contributed by atoms with van der Waals surface area (Å²) >= 11 is 0. The summed E-state index contributed by atoms with van der Waals surface area (Å²) in [6, 6.07) is 4.56. The molecule has 0 fully saturated rings. The molecule has 0 spiro atoms. The molecule has 0 saturated heterocycles. The zero-order chi connectivity index (χ0) is 14.8. The van der Waals surface area contributed by atoms with E-state index in [1.807, 2.05) is 0 Å². The minimum Gasteiger partial charge on any atom is -0.476 e. The van der Waals surface area contributed by atoms with Crippen molar-refractivity contribution < 1.29 is 27.8 Å². The Morgan fingerprint density at radius 3 is 2.50 bits per heavy atom. The van der Waals surface area contributed by atoms with E-state index in [1.54, 1.807) is 0 Å². The van der Waals surface area contributed by atoms with E-state index >= 15 is 0 Å². The molecule has 2 rings (SSSR count). The Bertz CT molecular complexity index is 627. The summed E-state index contributed by atoms with van der Waals surface area (Å²) < 4.78 is 42.2. The summed E-state index contributed by atoms with van der Waals surface area (Å²) in [5.41, 5.74) is -1.27. The van der Waals surface area contributed by atoms with Crippen LogP contribution in [0.3, 0.4) is 0 Å². The van der Waals surface area contributed by atoms with Gasteiger partial charge in [-0.2, -0.15) is 13.2 Å². The van der Waals surface area contributed by atoms with Gasteiger partial charge in [-0.25, -0.2) is 14.8 Å². The van der Waals surface area contributed by atoms with E-state index in [9.17, 15) is 18.0 Å². The zero-order valence-corrected chi connectivity index (χ0v) is 9.76. The Morgan fingerprint density at radius 1 is 1.20 bits per heavy atom. The van der Waals surface area contributed by atoms with Gasteiger partial charge in [0, 0.05) is 18.5 Å². The van der Waals surface area contributed by atoms with Gasteiger partial charge in [0.25, 0.3) is 0 Å². The van der Waals surface area contributed by atoms with Gasteiger partial charge in [-0.1, -0.05) is 0 Å². The van der Waals surface area contributed by atoms with Crippen molar-refractivity contribution in [1.29, 1.82) is 0 Å². The summed E-state index contributed by atoms with van der Waals surface area (Å²) in [5, 5.41) is 8.88. The number of pyridine rings is 2. The summed E-state index contributed by atoms with van der Waals surface area (Å²) in [6.07, 6.45) is -2.63. The first-order chi connectivity index (χ1) is 9.38. The second-order valence-corrected chi connectivity index (χ2v) is 3.64. The van der Waals surface area contributed by atoms with Gasteiger partial charge in [-0.05, 0) is 18.2 Å². The maximum atomic E-state index is 12.3. The fourth-order valence-electron chi connectivity index (χ4n) is 1.35. The first-order valence-electron chi connectivity index (χ1n) is 5.27. The van der Waals surface area contributed by atoms with E-state index in [4.69, 9.17) is 9.84 Å². The van der Waals surface area contributed by atoms with Crippen molar-refractivity contribution in [3.8, 4) is 11.6 Å². The van der Waals surface area contributed by atoms with E-state index in [1.165, 1.54) is 18.3 Å². The van der Waals surface area contributed by atoms with Crippen molar-refractivity contribution >= 4 is 5.97 Å². The molecule has 8 heteroatoms. The summed E-state index contributed by atoms with van der Waals surface area (Å²) in [5.74, 6) is -1.58. The fourth-order valence-corrected chi connectivity index (χ4v) is 1.35. The minimum atomic E-state index is -4.49. The van der Waals surface area contributed by atoms with Crippen LogP contribution in [0, 0.1) is 0 Å². The molecule has 0 saturated carbocycles. The predicted molar refractivity (Wildman–Crippen MR) is 60.5 cm³/mol. The fraction of sp³-hybridized carbons (Fsp3) is 0.0833. The van der Waals surface area contributed by atoms with E-state index in [-0.39, 0.29) is 17.3 Å². The largest absolute Gasteiger partial charge is 0.476 e. The van der Waals surface area contributed by atoms with Crippen LogP contribution in [0.4, 0.5) is 13.2 Å². The normalized spacial score (nSPS) is 11.2. The molecule has 0 aromatic carbocycles. The third-order valence-electron chi connectivity index (χ3n) is 2.25. The number of carboxylic acids is 1. The lowest BCUT2D eigenvalue weighted by molar-refractivity contribution is -0.137. The first-order valence-corrected chi connectivity index (χ1v) is 5.27. The molecule has 2 aromatic rings. The van der Waals surface area contributed by atoms with Crippen LogP contribution in [0.2, 0.25) is 0 Å². The summed E-state index contributed by atoms with van der Waals surface area (Å²) in [7, 11) is 0. The molecule has 2 heterocycles. The van der Waals surface area contributed by atoms with Crippen molar-refractivity contribution in [2.24, 2.45) is 0 Å². The second-order valence-electron chi connectivity index (χ2n) is 3.64. The highest BCUT2D eigenvalue weighted by molar-refractivity contribution is 5.88. The average molecular weight is 284 g/mol. The quantitative estimate of drug-likeness (QED) is 0.938. The minimum absolute atomic E-state index is 0.104. The summed E-state index contributed by atoms with van der Waals surface area (Å²) in [6.45, 7) is 0. The molecule has 0 unspecified atom stereocenters. The predicted octanol–water partition coefficient (Wildman–Crippen LogP) is 2.99. The number of alkyl halides is 3. The van der Waals surface area contributed by atoms with Crippen molar-refractivity contribution in [1.82, 2.24) is 9.97 Å². The number of hydrogen-bond donors (Lipinski definition) is 1. The van der Waals surface area contributed by atoms with Crippen LogP contribution in [0.5, 0.6) is 11.6 Å². The van der Waals surface area contributed by atoms with Gasteiger partial charge in [0.2, 0.25) is 5.88 Å². The molecular formula is C12H7F3N2O3. The highest BCUT2D eigenvalue weighted by Gasteiger charge is 2.30. The Labute approximate surface area is 110 Å². The molecular weight excluding hydrogens is 277 g/mol. The zero-order valence-electron chi connectivity index (χ0n) is 9.76. The van der Waals surface area contributed by atoms with Gasteiger partial charge in [-0.15, -0.1) is 0 Å². The maximum absolute atomic E-state index is 12.3. The number of carboxylic acid groups (broad SMARTS) is 1. The van der Waals surface area contributed by atoms with Crippen LogP contribution in [0.15, 0.2) is 36.7 Å². The van der Waals surface area contributed by atoms with Gasteiger partial charge >= 0.3 is 12.1 Å². The van der Waals surface area contributed by atoms with E-state index in [2.05, 4.69) is 9.97 Å². The third-order valence-corrected chi connectivity index (χ3v) is 2.25. The number of hydrogen-bond acceptors (Lipinski definition) is 4.